The van der Waals surface area contributed by atoms with Gasteiger partial charge in [-0.1, -0.05) is 13.8 Å². The lowest BCUT2D eigenvalue weighted by atomic mass is 9.95. The van der Waals surface area contributed by atoms with Crippen LogP contribution in [0, 0.1) is 18.6 Å². The van der Waals surface area contributed by atoms with Crippen LogP contribution in [-0.4, -0.2) is 20.9 Å². The zero-order chi connectivity index (χ0) is 24.3. The molecule has 3 aromatic rings. The van der Waals surface area contributed by atoms with E-state index in [1.54, 1.807) is 6.07 Å². The normalized spacial score (nSPS) is 11.8. The summed E-state index contributed by atoms with van der Waals surface area (Å²) >= 11 is 0. The fraction of sp³-hybridized carbons (Fsp3) is 0.304. The van der Waals surface area contributed by atoms with Gasteiger partial charge >= 0.3 is 11.6 Å². The molecule has 0 saturated heterocycles. The Labute approximate surface area is 189 Å². The second-order valence-corrected chi connectivity index (χ2v) is 9.60. The van der Waals surface area contributed by atoms with Crippen molar-refractivity contribution < 1.29 is 31.1 Å². The van der Waals surface area contributed by atoms with Crippen molar-refractivity contribution in [3.8, 4) is 0 Å². The minimum Gasteiger partial charge on any atom is -0.461 e. The molecule has 0 radical (unpaired) electrons. The molecule has 0 amide bonds. The number of esters is 1. The molecule has 0 unspecified atom stereocenters. The standard InChI is InChI=1S/C23H23F2NO6S/c1-13(2)17-11-18-15(9-23(28)32-21(18)8-14(17)3)12-31-22(27)6-7-26-33(29,30)16-4-5-19(24)20(25)10-16/h4-5,8-11,13,26H,6-7,12H2,1-3H3. The zero-order valence-corrected chi connectivity index (χ0v) is 19.1. The summed E-state index contributed by atoms with van der Waals surface area (Å²) in [6.07, 6.45) is -0.307. The van der Waals surface area contributed by atoms with Gasteiger partial charge in [-0.25, -0.2) is 26.7 Å². The van der Waals surface area contributed by atoms with E-state index in [1.165, 1.54) is 6.07 Å². The van der Waals surface area contributed by atoms with E-state index < -0.39 is 38.1 Å². The smallest absolute Gasteiger partial charge is 0.336 e. The lowest BCUT2D eigenvalue weighted by molar-refractivity contribution is -0.144. The van der Waals surface area contributed by atoms with Crippen molar-refractivity contribution in [3.63, 3.8) is 0 Å². The molecular weight excluding hydrogens is 456 g/mol. The molecule has 0 fully saturated rings. The fourth-order valence-electron chi connectivity index (χ4n) is 3.38. The van der Waals surface area contributed by atoms with Crippen molar-refractivity contribution in [1.82, 2.24) is 4.72 Å². The van der Waals surface area contributed by atoms with E-state index in [4.69, 9.17) is 9.15 Å². The summed E-state index contributed by atoms with van der Waals surface area (Å²) in [5.74, 6) is -2.94. The van der Waals surface area contributed by atoms with Gasteiger partial charge in [0.25, 0.3) is 0 Å². The largest absolute Gasteiger partial charge is 0.461 e. The predicted octanol–water partition coefficient (Wildman–Crippen LogP) is 3.91. The maximum absolute atomic E-state index is 13.3. The molecule has 0 aliphatic carbocycles. The maximum atomic E-state index is 13.3. The number of aryl methyl sites for hydroxylation is 1. The first-order valence-electron chi connectivity index (χ1n) is 10.2. The molecule has 0 aliphatic rings. The quantitative estimate of drug-likeness (QED) is 0.388. The second-order valence-electron chi connectivity index (χ2n) is 7.83. The van der Waals surface area contributed by atoms with E-state index in [9.17, 15) is 26.8 Å². The zero-order valence-electron chi connectivity index (χ0n) is 18.3. The Hall–Kier alpha value is -3.11. The van der Waals surface area contributed by atoms with E-state index >= 15 is 0 Å². The Kier molecular flexibility index (Phi) is 7.28. The number of hydrogen-bond acceptors (Lipinski definition) is 6. The van der Waals surface area contributed by atoms with Crippen LogP contribution in [0.1, 0.15) is 42.9 Å². The number of carbonyl (C=O) groups excluding carboxylic acids is 1. The third kappa shape index (κ3) is 5.82. The minimum atomic E-state index is -4.13. The Morgan fingerprint density at radius 1 is 1.12 bits per heavy atom. The highest BCUT2D eigenvalue weighted by atomic mass is 32.2. The van der Waals surface area contributed by atoms with Gasteiger partial charge in [-0.3, -0.25) is 4.79 Å². The highest BCUT2D eigenvalue weighted by molar-refractivity contribution is 7.89. The highest BCUT2D eigenvalue weighted by Crippen LogP contribution is 2.27. The fourth-order valence-corrected chi connectivity index (χ4v) is 4.42. The summed E-state index contributed by atoms with van der Waals surface area (Å²) in [6, 6.07) is 7.08. The lowest BCUT2D eigenvalue weighted by Crippen LogP contribution is -2.27. The van der Waals surface area contributed by atoms with Crippen LogP contribution in [0.4, 0.5) is 8.78 Å². The van der Waals surface area contributed by atoms with Crippen LogP contribution in [0.3, 0.4) is 0 Å². The van der Waals surface area contributed by atoms with Crippen molar-refractivity contribution >= 4 is 27.0 Å². The number of halogens is 2. The number of nitrogens with one attached hydrogen (secondary N) is 1. The Morgan fingerprint density at radius 2 is 1.85 bits per heavy atom. The minimum absolute atomic E-state index is 0.197. The number of sulfonamides is 1. The van der Waals surface area contributed by atoms with E-state index in [0.29, 0.717) is 28.7 Å². The number of fused-ring (bicyclic) bond motifs is 1. The van der Waals surface area contributed by atoms with Crippen LogP contribution in [0.25, 0.3) is 11.0 Å². The summed E-state index contributed by atoms with van der Waals surface area (Å²) in [6.45, 7) is 5.48. The van der Waals surface area contributed by atoms with E-state index in [2.05, 4.69) is 4.72 Å². The first kappa shape index (κ1) is 24.5. The summed E-state index contributed by atoms with van der Waals surface area (Å²) < 4.78 is 63.2. The van der Waals surface area contributed by atoms with Crippen molar-refractivity contribution in [1.29, 1.82) is 0 Å². The highest BCUT2D eigenvalue weighted by Gasteiger charge is 2.17. The number of hydrogen-bond donors (Lipinski definition) is 1. The van der Waals surface area contributed by atoms with Gasteiger partial charge in [0.2, 0.25) is 10.0 Å². The first-order valence-corrected chi connectivity index (χ1v) is 11.6. The molecule has 10 heteroatoms. The summed E-state index contributed by atoms with van der Waals surface area (Å²) in [4.78, 5) is 23.6. The van der Waals surface area contributed by atoms with Crippen LogP contribution >= 0.6 is 0 Å². The van der Waals surface area contributed by atoms with Gasteiger partial charge in [0.1, 0.15) is 12.2 Å². The second kappa shape index (κ2) is 9.80. The third-order valence-electron chi connectivity index (χ3n) is 5.05. The average Bonchev–Trinajstić information content (AvgIpc) is 2.72. The molecule has 0 atom stereocenters. The van der Waals surface area contributed by atoms with Gasteiger partial charge in [-0.2, -0.15) is 0 Å². The van der Waals surface area contributed by atoms with Crippen LogP contribution < -0.4 is 10.3 Å². The molecule has 33 heavy (non-hydrogen) atoms. The third-order valence-corrected chi connectivity index (χ3v) is 6.51. The number of rotatable bonds is 8. The van der Waals surface area contributed by atoms with Crippen molar-refractivity contribution in [2.45, 2.75) is 44.6 Å². The SMILES string of the molecule is Cc1cc2oc(=O)cc(COC(=O)CCNS(=O)(=O)c3ccc(F)c(F)c3)c2cc1C(C)C. The molecule has 7 nitrogen and oxygen atoms in total. The molecule has 1 aromatic heterocycles. The van der Waals surface area contributed by atoms with E-state index in [-0.39, 0.29) is 25.5 Å². The molecule has 176 valence electrons. The number of carbonyl (C=O) groups is 1. The van der Waals surface area contributed by atoms with E-state index in [0.717, 1.165) is 17.2 Å². The molecule has 0 aliphatic heterocycles. The van der Waals surface area contributed by atoms with E-state index in [1.807, 2.05) is 26.8 Å². The first-order chi connectivity index (χ1) is 15.5. The van der Waals surface area contributed by atoms with Gasteiger partial charge in [0, 0.05) is 23.6 Å². The predicted molar refractivity (Wildman–Crippen MR) is 117 cm³/mol. The van der Waals surface area contributed by atoms with Gasteiger partial charge in [0.15, 0.2) is 11.6 Å². The van der Waals surface area contributed by atoms with Gasteiger partial charge < -0.3 is 9.15 Å². The topological polar surface area (TPSA) is 103 Å². The molecule has 1 heterocycles. The van der Waals surface area contributed by atoms with Crippen LogP contribution in [0.15, 0.2) is 50.5 Å². The Morgan fingerprint density at radius 3 is 2.52 bits per heavy atom. The molecule has 0 bridgehead atoms. The molecule has 3 rings (SSSR count). The summed E-state index contributed by atoms with van der Waals surface area (Å²) in [7, 11) is -4.13. The molecular formula is C23H23F2NO6S. The summed E-state index contributed by atoms with van der Waals surface area (Å²) in [5.41, 5.74) is 2.32. The van der Waals surface area contributed by atoms with Gasteiger partial charge in [-0.15, -0.1) is 0 Å². The van der Waals surface area contributed by atoms with Crippen molar-refractivity contribution in [2.24, 2.45) is 0 Å². The van der Waals surface area contributed by atoms with Crippen LogP contribution in [0.5, 0.6) is 0 Å². The molecule has 1 N–H and O–H groups in total. The number of benzene rings is 2. The Bertz CT molecular complexity index is 1370. The Balaban J connectivity index is 1.65. The van der Waals surface area contributed by atoms with Crippen LogP contribution in [-0.2, 0) is 26.2 Å². The van der Waals surface area contributed by atoms with Gasteiger partial charge in [0.05, 0.1) is 11.3 Å². The lowest BCUT2D eigenvalue weighted by Gasteiger charge is -2.13. The molecule has 0 spiro atoms. The van der Waals surface area contributed by atoms with Crippen molar-refractivity contribution in [2.75, 3.05) is 6.54 Å². The maximum Gasteiger partial charge on any atom is 0.336 e. The molecule has 0 saturated carbocycles. The van der Waals surface area contributed by atoms with Crippen molar-refractivity contribution in [3.05, 3.63) is 75.1 Å². The summed E-state index contributed by atoms with van der Waals surface area (Å²) in [5, 5.41) is 0.649. The molecule has 2 aromatic carbocycles. The van der Waals surface area contributed by atoms with Crippen LogP contribution in [0.2, 0.25) is 0 Å². The average molecular weight is 480 g/mol. The number of ether oxygens (including phenoxy) is 1. The van der Waals surface area contributed by atoms with Gasteiger partial charge in [-0.05, 0) is 54.3 Å². The monoisotopic (exact) mass is 479 g/mol.